The zero-order valence-electron chi connectivity index (χ0n) is 14.8. The molecule has 0 aliphatic carbocycles. The van der Waals surface area contributed by atoms with E-state index < -0.39 is 28.1 Å². The van der Waals surface area contributed by atoms with Gasteiger partial charge in [0.05, 0.1) is 25.0 Å². The minimum absolute atomic E-state index is 0.00420. The standard InChI is InChI=1S/C14H22N6O5S/c1-8-4-11-10(7-19(8)14(15)22)12-13(21)18(2)25-9(6-20(12)17-11)5-16-26(3,23)24/h8-9,16H,4-7H2,1-3H3,(H2,15,22). The highest BCUT2D eigenvalue weighted by molar-refractivity contribution is 7.88. The summed E-state index contributed by atoms with van der Waals surface area (Å²) in [5, 5.41) is 5.58. The number of nitrogens with zero attached hydrogens (tertiary/aromatic N) is 4. The second-order valence-corrected chi connectivity index (χ2v) is 8.46. The minimum Gasteiger partial charge on any atom is -0.351 e. The lowest BCUT2D eigenvalue weighted by Crippen LogP contribution is -2.45. The summed E-state index contributed by atoms with van der Waals surface area (Å²) >= 11 is 0. The number of carbonyl (C=O) groups is 2. The Bertz CT molecular complexity index is 850. The molecule has 11 nitrogen and oxygen atoms in total. The van der Waals surface area contributed by atoms with Crippen molar-refractivity contribution in [2.75, 3.05) is 19.8 Å². The summed E-state index contributed by atoms with van der Waals surface area (Å²) < 4.78 is 26.6. The third-order valence-corrected chi connectivity index (χ3v) is 5.20. The minimum atomic E-state index is -3.39. The molecule has 3 N–H and O–H groups in total. The molecule has 3 heterocycles. The van der Waals surface area contributed by atoms with Crippen LogP contribution in [-0.4, -0.2) is 72.1 Å². The zero-order chi connectivity index (χ0) is 19.2. The third-order valence-electron chi connectivity index (χ3n) is 4.51. The highest BCUT2D eigenvalue weighted by atomic mass is 32.2. The van der Waals surface area contributed by atoms with Crippen molar-refractivity contribution in [1.82, 2.24) is 24.5 Å². The summed E-state index contributed by atoms with van der Waals surface area (Å²) in [5.74, 6) is -0.403. The first-order chi connectivity index (χ1) is 12.1. The first-order valence-corrected chi connectivity index (χ1v) is 10.00. The van der Waals surface area contributed by atoms with Crippen LogP contribution in [0.15, 0.2) is 0 Å². The maximum absolute atomic E-state index is 12.7. The molecule has 26 heavy (non-hydrogen) atoms. The molecule has 144 valence electrons. The van der Waals surface area contributed by atoms with Crippen molar-refractivity contribution in [2.24, 2.45) is 5.73 Å². The molecule has 1 aromatic heterocycles. The smallest absolute Gasteiger partial charge is 0.315 e. The van der Waals surface area contributed by atoms with Gasteiger partial charge in [0.15, 0.2) is 0 Å². The lowest BCUT2D eigenvalue weighted by atomic mass is 9.99. The Balaban J connectivity index is 1.94. The van der Waals surface area contributed by atoms with Gasteiger partial charge in [-0.3, -0.25) is 14.3 Å². The fourth-order valence-electron chi connectivity index (χ4n) is 3.25. The summed E-state index contributed by atoms with van der Waals surface area (Å²) in [6.07, 6.45) is 0.935. The van der Waals surface area contributed by atoms with Crippen LogP contribution in [0.3, 0.4) is 0 Å². The van der Waals surface area contributed by atoms with Gasteiger partial charge in [-0.1, -0.05) is 0 Å². The van der Waals surface area contributed by atoms with E-state index in [9.17, 15) is 18.0 Å². The largest absolute Gasteiger partial charge is 0.351 e. The number of rotatable bonds is 3. The number of nitrogens with one attached hydrogen (secondary N) is 1. The quantitative estimate of drug-likeness (QED) is 0.658. The van der Waals surface area contributed by atoms with Gasteiger partial charge in [-0.05, 0) is 6.92 Å². The number of fused-ring (bicyclic) bond motifs is 3. The van der Waals surface area contributed by atoms with E-state index in [1.165, 1.54) is 16.6 Å². The Morgan fingerprint density at radius 2 is 2.15 bits per heavy atom. The molecule has 0 spiro atoms. The molecule has 2 aliphatic heterocycles. The van der Waals surface area contributed by atoms with Crippen LogP contribution in [0, 0.1) is 0 Å². The summed E-state index contributed by atoms with van der Waals surface area (Å²) in [6, 6.07) is -0.671. The van der Waals surface area contributed by atoms with Crippen LogP contribution in [0.4, 0.5) is 4.79 Å². The van der Waals surface area contributed by atoms with Gasteiger partial charge in [0.1, 0.15) is 11.8 Å². The van der Waals surface area contributed by atoms with Crippen LogP contribution < -0.4 is 10.5 Å². The van der Waals surface area contributed by atoms with Gasteiger partial charge in [0.25, 0.3) is 5.91 Å². The number of hydrogen-bond acceptors (Lipinski definition) is 6. The summed E-state index contributed by atoms with van der Waals surface area (Å²) in [5.41, 5.74) is 7.16. The van der Waals surface area contributed by atoms with Crippen LogP contribution in [0.25, 0.3) is 0 Å². The Morgan fingerprint density at radius 3 is 2.77 bits per heavy atom. The van der Waals surface area contributed by atoms with Crippen LogP contribution in [-0.2, 0) is 34.4 Å². The molecule has 0 saturated heterocycles. The Morgan fingerprint density at radius 1 is 1.46 bits per heavy atom. The molecule has 2 atom stereocenters. The van der Waals surface area contributed by atoms with Crippen LogP contribution >= 0.6 is 0 Å². The number of primary amides is 1. The van der Waals surface area contributed by atoms with Crippen molar-refractivity contribution in [3.05, 3.63) is 17.0 Å². The fraction of sp³-hybridized carbons (Fsp3) is 0.643. The molecular formula is C14H22N6O5S. The molecule has 2 unspecified atom stereocenters. The van der Waals surface area contributed by atoms with E-state index in [1.54, 1.807) is 0 Å². The molecule has 0 fully saturated rings. The maximum Gasteiger partial charge on any atom is 0.315 e. The Kier molecular flexibility index (Phi) is 4.67. The van der Waals surface area contributed by atoms with Gasteiger partial charge in [-0.2, -0.15) is 5.10 Å². The number of urea groups is 1. The first-order valence-electron chi connectivity index (χ1n) is 8.11. The number of nitrogens with two attached hydrogens (primary N) is 1. The molecule has 12 heteroatoms. The van der Waals surface area contributed by atoms with Crippen LogP contribution in [0.5, 0.6) is 0 Å². The molecule has 1 aromatic rings. The SMILES string of the molecule is CC1Cc2nn3c(c2CN1C(N)=O)C(=O)N(C)OC(CNS(C)(=O)=O)C3. The van der Waals surface area contributed by atoms with Gasteiger partial charge in [-0.25, -0.2) is 23.0 Å². The lowest BCUT2D eigenvalue weighted by Gasteiger charge is -2.31. The van der Waals surface area contributed by atoms with Crippen LogP contribution in [0.2, 0.25) is 0 Å². The van der Waals surface area contributed by atoms with Crippen molar-refractivity contribution in [3.8, 4) is 0 Å². The zero-order valence-corrected chi connectivity index (χ0v) is 15.6. The van der Waals surface area contributed by atoms with E-state index in [2.05, 4.69) is 9.82 Å². The van der Waals surface area contributed by atoms with E-state index in [-0.39, 0.29) is 25.7 Å². The van der Waals surface area contributed by atoms with E-state index in [1.807, 2.05) is 6.92 Å². The normalized spacial score (nSPS) is 23.4. The molecule has 2 aliphatic rings. The van der Waals surface area contributed by atoms with Crippen LogP contribution in [0.1, 0.15) is 28.7 Å². The van der Waals surface area contributed by atoms with Gasteiger partial charge in [-0.15, -0.1) is 0 Å². The van der Waals surface area contributed by atoms with Gasteiger partial charge < -0.3 is 10.6 Å². The highest BCUT2D eigenvalue weighted by Crippen LogP contribution is 2.28. The van der Waals surface area contributed by atoms with Crippen molar-refractivity contribution in [1.29, 1.82) is 0 Å². The average molecular weight is 386 g/mol. The second-order valence-electron chi connectivity index (χ2n) is 6.63. The molecule has 0 bridgehead atoms. The molecule has 0 aromatic carbocycles. The van der Waals surface area contributed by atoms with E-state index in [0.717, 1.165) is 17.0 Å². The number of carbonyl (C=O) groups excluding carboxylic acids is 2. The van der Waals surface area contributed by atoms with Gasteiger partial charge in [0, 0.05) is 31.6 Å². The third kappa shape index (κ3) is 3.52. The molecular weight excluding hydrogens is 364 g/mol. The number of hydrogen-bond donors (Lipinski definition) is 2. The topological polar surface area (TPSA) is 140 Å². The van der Waals surface area contributed by atoms with Gasteiger partial charge in [0.2, 0.25) is 10.0 Å². The average Bonchev–Trinajstić information content (AvgIpc) is 2.80. The van der Waals surface area contributed by atoms with Crippen molar-refractivity contribution >= 4 is 22.0 Å². The number of hydroxylamine groups is 2. The van der Waals surface area contributed by atoms with Crippen molar-refractivity contribution < 1.29 is 22.8 Å². The predicted molar refractivity (Wildman–Crippen MR) is 90.3 cm³/mol. The van der Waals surface area contributed by atoms with E-state index in [0.29, 0.717) is 17.7 Å². The number of aromatic nitrogens is 2. The van der Waals surface area contributed by atoms with Gasteiger partial charge >= 0.3 is 6.03 Å². The predicted octanol–water partition coefficient (Wildman–Crippen LogP) is -1.36. The highest BCUT2D eigenvalue weighted by Gasteiger charge is 2.37. The molecule has 3 rings (SSSR count). The molecule has 0 saturated carbocycles. The van der Waals surface area contributed by atoms with E-state index >= 15 is 0 Å². The Labute approximate surface area is 151 Å². The van der Waals surface area contributed by atoms with Crippen molar-refractivity contribution in [3.63, 3.8) is 0 Å². The van der Waals surface area contributed by atoms with Crippen molar-refractivity contribution in [2.45, 2.75) is 38.6 Å². The Hall–Kier alpha value is -2.18. The molecule has 0 radical (unpaired) electrons. The summed E-state index contributed by atoms with van der Waals surface area (Å²) in [6.45, 7) is 2.28. The monoisotopic (exact) mass is 386 g/mol. The summed E-state index contributed by atoms with van der Waals surface area (Å²) in [4.78, 5) is 31.4. The number of sulfonamides is 1. The van der Waals surface area contributed by atoms with E-state index in [4.69, 9.17) is 10.6 Å². The fourth-order valence-corrected chi connectivity index (χ4v) is 3.74. The lowest BCUT2D eigenvalue weighted by molar-refractivity contribution is -0.145. The number of amides is 3. The maximum atomic E-state index is 12.7. The molecule has 3 amide bonds. The summed E-state index contributed by atoms with van der Waals surface area (Å²) in [7, 11) is -1.93. The second kappa shape index (κ2) is 6.52. The first kappa shape index (κ1) is 18.6.